The molecule has 0 amide bonds. The molecule has 106 valence electrons. The van der Waals surface area contributed by atoms with E-state index in [-0.39, 0.29) is 5.69 Å². The van der Waals surface area contributed by atoms with Gasteiger partial charge in [-0.25, -0.2) is 0 Å². The number of rotatable bonds is 6. The second kappa shape index (κ2) is 6.18. The fourth-order valence-electron chi connectivity index (χ4n) is 2.01. The molecule has 0 spiro atoms. The minimum absolute atomic E-state index is 0.0262. The smallest absolute Gasteiger partial charge is 0.293 e. The van der Waals surface area contributed by atoms with Crippen molar-refractivity contribution < 1.29 is 9.34 Å². The van der Waals surface area contributed by atoms with E-state index in [9.17, 15) is 10.1 Å². The lowest BCUT2D eigenvalue weighted by molar-refractivity contribution is -0.384. The summed E-state index contributed by atoms with van der Waals surface area (Å²) in [6, 6.07) is 6.84. The van der Waals surface area contributed by atoms with E-state index in [1.54, 1.807) is 18.6 Å². The van der Waals surface area contributed by atoms with Gasteiger partial charge in [0.25, 0.3) is 5.69 Å². The Balaban J connectivity index is 2.09. The Morgan fingerprint density at radius 3 is 2.70 bits per heavy atom. The molecular formula is C13H16N4O3. The molecule has 0 aliphatic heterocycles. The summed E-state index contributed by atoms with van der Waals surface area (Å²) in [4.78, 5) is 12.6. The first-order valence-electron chi connectivity index (χ1n) is 6.03. The third kappa shape index (κ3) is 3.34. The van der Waals surface area contributed by atoms with Crippen LogP contribution in [0.1, 0.15) is 11.1 Å². The van der Waals surface area contributed by atoms with Crippen molar-refractivity contribution in [2.75, 3.05) is 12.5 Å². The number of benzene rings is 1. The lowest BCUT2D eigenvalue weighted by atomic mass is 10.1. The third-order valence-corrected chi connectivity index (χ3v) is 2.90. The molecule has 2 aromatic rings. The van der Waals surface area contributed by atoms with E-state index in [1.165, 1.54) is 6.07 Å². The molecular weight excluding hydrogens is 260 g/mol. The number of nitrogens with zero attached hydrogens (tertiary/aromatic N) is 2. The van der Waals surface area contributed by atoms with E-state index in [1.807, 2.05) is 24.1 Å². The Morgan fingerprint density at radius 2 is 2.10 bits per heavy atom. The zero-order valence-electron chi connectivity index (χ0n) is 11.1. The number of anilines is 1. The molecule has 0 bridgehead atoms. The fourth-order valence-corrected chi connectivity index (χ4v) is 2.01. The maximum absolute atomic E-state index is 11.0. The monoisotopic (exact) mass is 276 g/mol. The van der Waals surface area contributed by atoms with E-state index >= 15 is 0 Å². The van der Waals surface area contributed by atoms with Crippen LogP contribution in [0.3, 0.4) is 0 Å². The molecule has 2 rings (SSSR count). The molecule has 0 atom stereocenters. The van der Waals surface area contributed by atoms with Gasteiger partial charge in [0, 0.05) is 24.7 Å². The molecule has 0 aliphatic carbocycles. The second-order valence-electron chi connectivity index (χ2n) is 4.56. The number of hydrogen-bond donors (Lipinski definition) is 2. The van der Waals surface area contributed by atoms with E-state index in [2.05, 4.69) is 5.43 Å². The quantitative estimate of drug-likeness (QED) is 0.476. The van der Waals surface area contributed by atoms with Crippen LogP contribution in [0, 0.1) is 10.1 Å². The van der Waals surface area contributed by atoms with E-state index in [4.69, 9.17) is 10.3 Å². The van der Waals surface area contributed by atoms with Crippen molar-refractivity contribution in [1.29, 1.82) is 0 Å². The molecule has 0 fully saturated rings. The van der Waals surface area contributed by atoms with Gasteiger partial charge in [-0.3, -0.25) is 20.9 Å². The summed E-state index contributed by atoms with van der Waals surface area (Å²) in [5.41, 5.74) is 4.51. The standard InChI is InChI=1S/C13H16N4O3/c1-16(8-11-4-5-20-9-11)7-10-2-3-12(15-14)13(6-10)17(18)19/h2-6,9,15H,7-8,14H2,1H3. The predicted molar refractivity (Wildman–Crippen MR) is 74.8 cm³/mol. The second-order valence-corrected chi connectivity index (χ2v) is 4.56. The Hall–Kier alpha value is -2.38. The summed E-state index contributed by atoms with van der Waals surface area (Å²) < 4.78 is 5.01. The Kier molecular flexibility index (Phi) is 4.34. The summed E-state index contributed by atoms with van der Waals surface area (Å²) in [6.07, 6.45) is 3.30. The summed E-state index contributed by atoms with van der Waals surface area (Å²) in [5.74, 6) is 5.25. The first-order chi connectivity index (χ1) is 9.60. The van der Waals surface area contributed by atoms with Crippen LogP contribution in [0.25, 0.3) is 0 Å². The van der Waals surface area contributed by atoms with Gasteiger partial charge >= 0.3 is 0 Å². The van der Waals surface area contributed by atoms with Crippen molar-refractivity contribution >= 4 is 11.4 Å². The number of hydrazine groups is 1. The highest BCUT2D eigenvalue weighted by Gasteiger charge is 2.14. The normalized spacial score (nSPS) is 10.8. The van der Waals surface area contributed by atoms with Crippen LogP contribution in [0.2, 0.25) is 0 Å². The van der Waals surface area contributed by atoms with Crippen molar-refractivity contribution in [3.8, 4) is 0 Å². The van der Waals surface area contributed by atoms with Crippen molar-refractivity contribution in [2.24, 2.45) is 5.84 Å². The van der Waals surface area contributed by atoms with E-state index in [0.29, 0.717) is 18.8 Å². The number of nitrogen functional groups attached to an aromatic ring is 1. The maximum Gasteiger partial charge on any atom is 0.293 e. The van der Waals surface area contributed by atoms with Crippen molar-refractivity contribution in [2.45, 2.75) is 13.1 Å². The topological polar surface area (TPSA) is 97.6 Å². The molecule has 1 aromatic carbocycles. The first kappa shape index (κ1) is 14.0. The molecule has 0 saturated carbocycles. The highest BCUT2D eigenvalue weighted by molar-refractivity contribution is 5.61. The third-order valence-electron chi connectivity index (χ3n) is 2.90. The Morgan fingerprint density at radius 1 is 1.35 bits per heavy atom. The average molecular weight is 276 g/mol. The van der Waals surface area contributed by atoms with Gasteiger partial charge in [-0.05, 0) is 24.7 Å². The lowest BCUT2D eigenvalue weighted by Crippen LogP contribution is -2.17. The Labute approximate surface area is 116 Å². The maximum atomic E-state index is 11.0. The van der Waals surface area contributed by atoms with Gasteiger partial charge in [0.15, 0.2) is 0 Å². The summed E-state index contributed by atoms with van der Waals surface area (Å²) in [5, 5.41) is 11.0. The molecule has 7 nitrogen and oxygen atoms in total. The zero-order valence-corrected chi connectivity index (χ0v) is 11.1. The SMILES string of the molecule is CN(Cc1ccoc1)Cc1ccc(NN)c([N+](=O)[O-])c1. The van der Waals surface area contributed by atoms with Crippen LogP contribution in [0.15, 0.2) is 41.2 Å². The van der Waals surface area contributed by atoms with Gasteiger partial charge in [-0.1, -0.05) is 6.07 Å². The van der Waals surface area contributed by atoms with E-state index in [0.717, 1.165) is 11.1 Å². The number of nitro groups is 1. The number of furan rings is 1. The van der Waals surface area contributed by atoms with Crippen molar-refractivity contribution in [3.05, 3.63) is 58.0 Å². The van der Waals surface area contributed by atoms with Crippen LogP contribution in [0.4, 0.5) is 11.4 Å². The molecule has 0 radical (unpaired) electrons. The van der Waals surface area contributed by atoms with Crippen LogP contribution in [-0.4, -0.2) is 16.9 Å². The minimum Gasteiger partial charge on any atom is -0.472 e. The van der Waals surface area contributed by atoms with Crippen molar-refractivity contribution in [3.63, 3.8) is 0 Å². The molecule has 0 unspecified atom stereocenters. The van der Waals surface area contributed by atoms with Gasteiger partial charge in [-0.2, -0.15) is 0 Å². The summed E-state index contributed by atoms with van der Waals surface area (Å²) >= 11 is 0. The van der Waals surface area contributed by atoms with Crippen LogP contribution in [-0.2, 0) is 13.1 Å². The number of hydrogen-bond acceptors (Lipinski definition) is 6. The van der Waals surface area contributed by atoms with Gasteiger partial charge < -0.3 is 9.84 Å². The lowest BCUT2D eigenvalue weighted by Gasteiger charge is -2.16. The van der Waals surface area contributed by atoms with Crippen molar-refractivity contribution in [1.82, 2.24) is 4.90 Å². The van der Waals surface area contributed by atoms with Gasteiger partial charge in [0.05, 0.1) is 17.4 Å². The molecule has 20 heavy (non-hydrogen) atoms. The fraction of sp³-hybridized carbons (Fsp3) is 0.231. The van der Waals surface area contributed by atoms with E-state index < -0.39 is 4.92 Å². The summed E-state index contributed by atoms with van der Waals surface area (Å²) in [6.45, 7) is 1.30. The number of nitrogens with one attached hydrogen (secondary N) is 1. The first-order valence-corrected chi connectivity index (χ1v) is 6.03. The van der Waals surface area contributed by atoms with Gasteiger partial charge in [0.2, 0.25) is 0 Å². The highest BCUT2D eigenvalue weighted by Crippen LogP contribution is 2.25. The molecule has 0 aliphatic rings. The van der Waals surface area contributed by atoms with Crippen LogP contribution in [0.5, 0.6) is 0 Å². The molecule has 1 aromatic heterocycles. The van der Waals surface area contributed by atoms with Crippen LogP contribution >= 0.6 is 0 Å². The molecule has 3 N–H and O–H groups in total. The minimum atomic E-state index is -0.450. The molecule has 7 heteroatoms. The number of nitrogens with two attached hydrogens (primary N) is 1. The number of nitro benzene ring substituents is 1. The summed E-state index contributed by atoms with van der Waals surface area (Å²) in [7, 11) is 1.94. The molecule has 0 saturated heterocycles. The average Bonchev–Trinajstić information content (AvgIpc) is 2.91. The van der Waals surface area contributed by atoms with Gasteiger partial charge in [-0.15, -0.1) is 0 Å². The predicted octanol–water partition coefficient (Wildman–Crippen LogP) is 2.11. The largest absolute Gasteiger partial charge is 0.472 e. The Bertz CT molecular complexity index is 583. The molecule has 1 heterocycles. The van der Waals surface area contributed by atoms with Gasteiger partial charge in [0.1, 0.15) is 5.69 Å². The van der Waals surface area contributed by atoms with Crippen LogP contribution < -0.4 is 11.3 Å². The zero-order chi connectivity index (χ0) is 14.5. The highest BCUT2D eigenvalue weighted by atomic mass is 16.6.